The van der Waals surface area contributed by atoms with E-state index < -0.39 is 29.1 Å². The monoisotopic (exact) mass is 862 g/mol. The van der Waals surface area contributed by atoms with Crippen LogP contribution in [0.3, 0.4) is 0 Å². The number of carbonyl (C=O) groups is 2. The topological polar surface area (TPSA) is 89.5 Å². The van der Waals surface area contributed by atoms with E-state index in [2.05, 4.69) is 6.92 Å². The molecule has 0 amide bonds. The first-order chi connectivity index (χ1) is 31.4. The molecule has 6 rings (SSSR count). The molecule has 0 heterocycles. The van der Waals surface area contributed by atoms with E-state index in [0.717, 1.165) is 19.3 Å². The van der Waals surface area contributed by atoms with Gasteiger partial charge in [0.15, 0.2) is 11.2 Å². The quantitative estimate of drug-likeness (QED) is 0.0338. The van der Waals surface area contributed by atoms with Crippen molar-refractivity contribution in [2.24, 2.45) is 5.92 Å². The molecule has 0 saturated carbocycles. The minimum atomic E-state index is -1.55. The van der Waals surface area contributed by atoms with Crippen LogP contribution in [0.2, 0.25) is 0 Å². The number of para-hydroxylation sites is 4. The maximum absolute atomic E-state index is 15.5. The van der Waals surface area contributed by atoms with Crippen molar-refractivity contribution in [3.63, 3.8) is 0 Å². The number of ether oxygens (including phenoxy) is 6. The Morgan fingerprint density at radius 2 is 0.750 bits per heavy atom. The van der Waals surface area contributed by atoms with Crippen LogP contribution in [0.15, 0.2) is 158 Å². The van der Waals surface area contributed by atoms with E-state index in [-0.39, 0.29) is 6.42 Å². The molecule has 8 heteroatoms. The fourth-order valence-corrected chi connectivity index (χ4v) is 8.81. The minimum Gasteiger partial charge on any atom is -0.496 e. The van der Waals surface area contributed by atoms with E-state index in [0.29, 0.717) is 69.2 Å². The average Bonchev–Trinajstić information content (AvgIpc) is 3.35. The van der Waals surface area contributed by atoms with Crippen LogP contribution in [0, 0.1) is 5.92 Å². The average molecular weight is 863 g/mol. The number of benzene rings is 6. The predicted octanol–water partition coefficient (Wildman–Crippen LogP) is 12.6. The van der Waals surface area contributed by atoms with Crippen molar-refractivity contribution in [2.75, 3.05) is 28.4 Å². The maximum Gasteiger partial charge on any atom is 0.311 e. The summed E-state index contributed by atoms with van der Waals surface area (Å²) >= 11 is 0. The van der Waals surface area contributed by atoms with Crippen molar-refractivity contribution in [1.82, 2.24) is 0 Å². The maximum atomic E-state index is 15.5. The fourth-order valence-electron chi connectivity index (χ4n) is 8.81. The number of rotatable bonds is 24. The normalized spacial score (nSPS) is 11.9. The molecular formula is C56H62O8. The summed E-state index contributed by atoms with van der Waals surface area (Å²) in [5.74, 6) is 0.0181. The third-order valence-electron chi connectivity index (χ3n) is 12.0. The lowest BCUT2D eigenvalue weighted by Crippen LogP contribution is -2.40. The molecule has 6 aromatic rings. The number of hydrogen-bond donors (Lipinski definition) is 0. The summed E-state index contributed by atoms with van der Waals surface area (Å²) in [6.45, 7) is 2.22. The van der Waals surface area contributed by atoms with E-state index in [9.17, 15) is 0 Å². The molecule has 0 radical (unpaired) electrons. The van der Waals surface area contributed by atoms with Crippen molar-refractivity contribution < 1.29 is 38.0 Å². The predicted molar refractivity (Wildman–Crippen MR) is 252 cm³/mol. The lowest BCUT2D eigenvalue weighted by Gasteiger charge is -2.38. The Kier molecular flexibility index (Phi) is 17.0. The molecule has 8 nitrogen and oxygen atoms in total. The van der Waals surface area contributed by atoms with Crippen LogP contribution in [0.25, 0.3) is 0 Å². The molecule has 334 valence electrons. The lowest BCUT2D eigenvalue weighted by molar-refractivity contribution is -0.166. The van der Waals surface area contributed by atoms with E-state index in [1.165, 1.54) is 25.7 Å². The van der Waals surface area contributed by atoms with Crippen molar-refractivity contribution >= 4 is 11.9 Å². The third kappa shape index (κ3) is 10.5. The standard InChI is InChI=1S/C56H62O8/c1-6-7-8-9-10-11-12-15-28-42(54(58)64-56(44-31-18-14-19-32-44,47-35-22-26-39-51(47)61-4)48-36-23-27-40-52(48)62-5)41-53(57)63-55(43-29-16-13-17-30-43,45-33-20-24-37-49(45)59-2)46-34-21-25-38-50(46)60-3/h13-14,16-27,29-40,42H,6-12,15,28,41H2,1-5H3. The smallest absolute Gasteiger partial charge is 0.311 e. The van der Waals surface area contributed by atoms with Crippen LogP contribution in [-0.4, -0.2) is 40.4 Å². The zero-order valence-electron chi connectivity index (χ0n) is 37.9. The van der Waals surface area contributed by atoms with Crippen molar-refractivity contribution in [3.05, 3.63) is 191 Å². The molecule has 0 aliphatic heterocycles. The molecule has 64 heavy (non-hydrogen) atoms. The summed E-state index contributed by atoms with van der Waals surface area (Å²) in [6.07, 6.45) is 8.71. The van der Waals surface area contributed by atoms with E-state index in [4.69, 9.17) is 28.4 Å². The van der Waals surface area contributed by atoms with Crippen LogP contribution >= 0.6 is 0 Å². The van der Waals surface area contributed by atoms with Gasteiger partial charge in [0.2, 0.25) is 0 Å². The zero-order chi connectivity index (χ0) is 45.2. The van der Waals surface area contributed by atoms with E-state index >= 15 is 9.59 Å². The number of carbonyl (C=O) groups excluding carboxylic acids is 2. The summed E-state index contributed by atoms with van der Waals surface area (Å²) in [4.78, 5) is 30.6. The van der Waals surface area contributed by atoms with Crippen molar-refractivity contribution in [1.29, 1.82) is 0 Å². The van der Waals surface area contributed by atoms with Crippen molar-refractivity contribution in [2.45, 2.75) is 82.3 Å². The number of esters is 2. The molecule has 0 aliphatic carbocycles. The van der Waals surface area contributed by atoms with Gasteiger partial charge in [0.25, 0.3) is 0 Å². The Balaban J connectivity index is 1.47. The Hall–Kier alpha value is -6.54. The van der Waals surface area contributed by atoms with Crippen LogP contribution in [0.1, 0.15) is 105 Å². The first kappa shape index (κ1) is 47.0. The largest absolute Gasteiger partial charge is 0.496 e. The van der Waals surface area contributed by atoms with Gasteiger partial charge in [-0.05, 0) is 30.7 Å². The van der Waals surface area contributed by atoms with Crippen LogP contribution < -0.4 is 18.9 Å². The molecular weight excluding hydrogens is 801 g/mol. The van der Waals surface area contributed by atoms with Gasteiger partial charge in [-0.25, -0.2) is 0 Å². The van der Waals surface area contributed by atoms with Crippen LogP contribution in [-0.2, 0) is 30.3 Å². The molecule has 6 aromatic carbocycles. The number of hydrogen-bond acceptors (Lipinski definition) is 8. The highest BCUT2D eigenvalue weighted by Gasteiger charge is 2.48. The SMILES string of the molecule is CCCCCCCCCCC(CC(=O)OC(c1ccccc1)(c1ccccc1OC)c1ccccc1OC)C(=O)OC(c1ccccc1)(c1ccccc1OC)c1ccccc1OC. The summed E-state index contributed by atoms with van der Waals surface area (Å²) in [6, 6.07) is 49.3. The second-order valence-electron chi connectivity index (χ2n) is 16.0. The van der Waals surface area contributed by atoms with Gasteiger partial charge >= 0.3 is 11.9 Å². The summed E-state index contributed by atoms with van der Waals surface area (Å²) in [7, 11) is 6.39. The second kappa shape index (κ2) is 23.2. The number of methoxy groups -OCH3 is 4. The number of unbranched alkanes of at least 4 members (excludes halogenated alkanes) is 7. The molecule has 1 atom stereocenters. The molecule has 0 spiro atoms. The lowest BCUT2D eigenvalue weighted by atomic mass is 9.78. The van der Waals surface area contributed by atoms with Crippen molar-refractivity contribution in [3.8, 4) is 23.0 Å². The van der Waals surface area contributed by atoms with Gasteiger partial charge in [-0.15, -0.1) is 0 Å². The fraction of sp³-hybridized carbons (Fsp3) is 0.321. The third-order valence-corrected chi connectivity index (χ3v) is 12.0. The van der Waals surface area contributed by atoms with Gasteiger partial charge in [0, 0.05) is 33.4 Å². The molecule has 0 bridgehead atoms. The van der Waals surface area contributed by atoms with Gasteiger partial charge in [-0.2, -0.15) is 0 Å². The highest BCUT2D eigenvalue weighted by atomic mass is 16.6. The molecule has 0 fully saturated rings. The Morgan fingerprint density at radius 3 is 1.12 bits per heavy atom. The van der Waals surface area contributed by atoms with E-state index in [1.807, 2.05) is 158 Å². The molecule has 0 aliphatic rings. The Labute approximate surface area is 379 Å². The first-order valence-electron chi connectivity index (χ1n) is 22.5. The van der Waals surface area contributed by atoms with Gasteiger partial charge in [0.05, 0.1) is 40.8 Å². The van der Waals surface area contributed by atoms with E-state index in [1.54, 1.807) is 28.4 Å². The molecule has 0 aromatic heterocycles. The molecule has 1 unspecified atom stereocenters. The van der Waals surface area contributed by atoms with Gasteiger partial charge in [-0.3, -0.25) is 9.59 Å². The Morgan fingerprint density at radius 1 is 0.422 bits per heavy atom. The highest BCUT2D eigenvalue weighted by Crippen LogP contribution is 2.50. The second-order valence-corrected chi connectivity index (χ2v) is 16.0. The van der Waals surface area contributed by atoms with Gasteiger partial charge in [0.1, 0.15) is 23.0 Å². The van der Waals surface area contributed by atoms with Gasteiger partial charge < -0.3 is 28.4 Å². The molecule has 0 saturated heterocycles. The first-order valence-corrected chi connectivity index (χ1v) is 22.5. The zero-order valence-corrected chi connectivity index (χ0v) is 37.9. The Bertz CT molecular complexity index is 2280. The summed E-state index contributed by atoms with van der Waals surface area (Å²) in [5.41, 5.74) is 0.652. The minimum absolute atomic E-state index is 0.267. The molecule has 0 N–H and O–H groups in total. The highest BCUT2D eigenvalue weighted by molar-refractivity contribution is 5.82. The van der Waals surface area contributed by atoms with Gasteiger partial charge in [-0.1, -0.05) is 192 Å². The summed E-state index contributed by atoms with van der Waals surface area (Å²) < 4.78 is 38.0. The van der Waals surface area contributed by atoms with Crippen LogP contribution in [0.4, 0.5) is 0 Å². The summed E-state index contributed by atoms with van der Waals surface area (Å²) in [5, 5.41) is 0. The van der Waals surface area contributed by atoms with Crippen LogP contribution in [0.5, 0.6) is 23.0 Å².